The molecular weight excluding hydrogens is 282 g/mol. The third-order valence-electron chi connectivity index (χ3n) is 2.58. The monoisotopic (exact) mass is 297 g/mol. The molecule has 1 unspecified atom stereocenters. The van der Waals surface area contributed by atoms with Crippen molar-refractivity contribution in [2.75, 3.05) is 11.6 Å². The van der Waals surface area contributed by atoms with E-state index in [0.29, 0.717) is 0 Å². The molecule has 2 aromatic rings. The van der Waals surface area contributed by atoms with Crippen molar-refractivity contribution in [1.29, 1.82) is 0 Å². The molecule has 19 heavy (non-hydrogen) atoms. The zero-order chi connectivity index (χ0) is 14.0. The van der Waals surface area contributed by atoms with Crippen LogP contribution >= 0.6 is 11.3 Å². The molecule has 0 saturated heterocycles. The molecule has 7 heteroatoms. The molecular formula is C12H15N3O2S2. The second-order valence-corrected chi connectivity index (χ2v) is 7.34. The Morgan fingerprint density at radius 2 is 2.11 bits per heavy atom. The molecule has 1 N–H and O–H groups in total. The first-order valence-corrected chi connectivity index (χ1v) is 8.48. The maximum Gasteiger partial charge on any atom is 0.192 e. The minimum Gasteiger partial charge on any atom is -0.376 e. The Morgan fingerprint density at radius 3 is 2.58 bits per heavy atom. The molecule has 0 amide bonds. The summed E-state index contributed by atoms with van der Waals surface area (Å²) in [6, 6.07) is 3.26. The van der Waals surface area contributed by atoms with Gasteiger partial charge in [-0.3, -0.25) is 0 Å². The summed E-state index contributed by atoms with van der Waals surface area (Å²) in [5.41, 5.74) is 1.74. The Labute approximate surface area is 116 Å². The van der Waals surface area contributed by atoms with Crippen molar-refractivity contribution in [2.45, 2.75) is 24.9 Å². The molecule has 0 bridgehead atoms. The van der Waals surface area contributed by atoms with Gasteiger partial charge in [0.15, 0.2) is 14.9 Å². The number of thiazole rings is 1. The molecule has 2 aromatic heterocycles. The average molecular weight is 297 g/mol. The van der Waals surface area contributed by atoms with Crippen LogP contribution in [0, 0.1) is 6.92 Å². The van der Waals surface area contributed by atoms with Crippen LogP contribution in [0.5, 0.6) is 0 Å². The number of aromatic nitrogens is 2. The fourth-order valence-corrected chi connectivity index (χ4v) is 2.85. The lowest BCUT2D eigenvalue weighted by atomic mass is 10.2. The van der Waals surface area contributed by atoms with Gasteiger partial charge in [-0.05, 0) is 26.0 Å². The standard InChI is InChI=1S/C12H15N3O2S2/c1-8(11-7-18-9(2)15-11)14-10-4-5-12(13-6-10)19(3,16)17/h4-8,14H,1-3H3. The lowest BCUT2D eigenvalue weighted by Crippen LogP contribution is -2.08. The van der Waals surface area contributed by atoms with E-state index in [2.05, 4.69) is 15.3 Å². The SMILES string of the molecule is Cc1nc(C(C)Nc2ccc(S(C)(=O)=O)nc2)cs1. The van der Waals surface area contributed by atoms with Crippen LogP contribution in [-0.4, -0.2) is 24.6 Å². The number of anilines is 1. The number of pyridine rings is 1. The molecule has 0 aliphatic heterocycles. The van der Waals surface area contributed by atoms with Crippen molar-refractivity contribution >= 4 is 26.9 Å². The van der Waals surface area contributed by atoms with E-state index in [0.717, 1.165) is 22.6 Å². The lowest BCUT2D eigenvalue weighted by Gasteiger charge is -2.12. The van der Waals surface area contributed by atoms with Gasteiger partial charge in [0.2, 0.25) is 0 Å². The maximum atomic E-state index is 11.3. The van der Waals surface area contributed by atoms with E-state index in [1.54, 1.807) is 17.4 Å². The predicted octanol–water partition coefficient (Wildman–Crippen LogP) is 2.42. The van der Waals surface area contributed by atoms with Crippen LogP contribution in [0.1, 0.15) is 23.7 Å². The summed E-state index contributed by atoms with van der Waals surface area (Å²) in [5, 5.41) is 6.34. The number of nitrogens with zero attached hydrogens (tertiary/aromatic N) is 2. The van der Waals surface area contributed by atoms with Gasteiger partial charge in [0, 0.05) is 11.6 Å². The van der Waals surface area contributed by atoms with Crippen molar-refractivity contribution in [3.05, 3.63) is 34.4 Å². The van der Waals surface area contributed by atoms with Crippen LogP contribution in [0.15, 0.2) is 28.7 Å². The van der Waals surface area contributed by atoms with Gasteiger partial charge in [-0.1, -0.05) is 0 Å². The minimum absolute atomic E-state index is 0.0517. The number of nitrogens with one attached hydrogen (secondary N) is 1. The second kappa shape index (κ2) is 5.26. The Morgan fingerprint density at radius 1 is 1.37 bits per heavy atom. The average Bonchev–Trinajstić information content (AvgIpc) is 2.75. The van der Waals surface area contributed by atoms with Crippen LogP contribution in [0.25, 0.3) is 0 Å². The molecule has 2 heterocycles. The lowest BCUT2D eigenvalue weighted by molar-refractivity contribution is 0.598. The van der Waals surface area contributed by atoms with Gasteiger partial charge in [0.25, 0.3) is 0 Å². The quantitative estimate of drug-likeness (QED) is 0.938. The summed E-state index contributed by atoms with van der Waals surface area (Å²) in [6.07, 6.45) is 2.66. The fourth-order valence-electron chi connectivity index (χ4n) is 1.59. The van der Waals surface area contributed by atoms with E-state index in [1.807, 2.05) is 19.2 Å². The summed E-state index contributed by atoms with van der Waals surface area (Å²) in [6.45, 7) is 3.96. The van der Waals surface area contributed by atoms with E-state index in [9.17, 15) is 8.42 Å². The highest BCUT2D eigenvalue weighted by atomic mass is 32.2. The van der Waals surface area contributed by atoms with E-state index < -0.39 is 9.84 Å². The zero-order valence-electron chi connectivity index (χ0n) is 10.9. The Balaban J connectivity index is 2.12. The first-order chi connectivity index (χ1) is 8.86. The summed E-state index contributed by atoms with van der Waals surface area (Å²) in [5.74, 6) is 0. The number of hydrogen-bond donors (Lipinski definition) is 1. The van der Waals surface area contributed by atoms with E-state index in [-0.39, 0.29) is 11.1 Å². The normalized spacial score (nSPS) is 13.2. The van der Waals surface area contributed by atoms with E-state index in [4.69, 9.17) is 0 Å². The Hall–Kier alpha value is -1.47. The number of hydrogen-bond acceptors (Lipinski definition) is 6. The number of rotatable bonds is 4. The van der Waals surface area contributed by atoms with Gasteiger partial charge in [-0.15, -0.1) is 11.3 Å². The van der Waals surface area contributed by atoms with Gasteiger partial charge in [-0.25, -0.2) is 18.4 Å². The molecule has 5 nitrogen and oxygen atoms in total. The number of aryl methyl sites for hydroxylation is 1. The first-order valence-electron chi connectivity index (χ1n) is 5.71. The van der Waals surface area contributed by atoms with Gasteiger partial charge in [-0.2, -0.15) is 0 Å². The predicted molar refractivity (Wildman–Crippen MR) is 76.2 cm³/mol. The molecule has 0 aliphatic carbocycles. The van der Waals surface area contributed by atoms with E-state index in [1.165, 1.54) is 12.3 Å². The van der Waals surface area contributed by atoms with Crippen molar-refractivity contribution in [3.63, 3.8) is 0 Å². The van der Waals surface area contributed by atoms with E-state index >= 15 is 0 Å². The molecule has 0 radical (unpaired) electrons. The molecule has 0 spiro atoms. The smallest absolute Gasteiger partial charge is 0.192 e. The third kappa shape index (κ3) is 3.51. The summed E-state index contributed by atoms with van der Waals surface area (Å²) in [7, 11) is -3.25. The van der Waals surface area contributed by atoms with Gasteiger partial charge >= 0.3 is 0 Å². The maximum absolute atomic E-state index is 11.3. The van der Waals surface area contributed by atoms with Crippen LogP contribution < -0.4 is 5.32 Å². The van der Waals surface area contributed by atoms with Gasteiger partial charge in [0.05, 0.1) is 28.6 Å². The third-order valence-corrected chi connectivity index (χ3v) is 4.37. The molecule has 0 fully saturated rings. The molecule has 1 atom stereocenters. The van der Waals surface area contributed by atoms with Crippen molar-refractivity contribution in [3.8, 4) is 0 Å². The summed E-state index contributed by atoms with van der Waals surface area (Å²) >= 11 is 1.60. The topological polar surface area (TPSA) is 72.0 Å². The highest BCUT2D eigenvalue weighted by Crippen LogP contribution is 2.20. The Bertz CT molecular complexity index is 663. The largest absolute Gasteiger partial charge is 0.376 e. The van der Waals surface area contributed by atoms with Crippen molar-refractivity contribution < 1.29 is 8.42 Å². The van der Waals surface area contributed by atoms with Gasteiger partial charge in [0.1, 0.15) is 0 Å². The van der Waals surface area contributed by atoms with Crippen LogP contribution in [0.3, 0.4) is 0 Å². The zero-order valence-corrected chi connectivity index (χ0v) is 12.5. The Kier molecular flexibility index (Phi) is 3.86. The minimum atomic E-state index is -3.25. The number of sulfone groups is 1. The molecule has 0 aliphatic rings. The highest BCUT2D eigenvalue weighted by molar-refractivity contribution is 7.90. The van der Waals surface area contributed by atoms with Gasteiger partial charge < -0.3 is 5.32 Å². The second-order valence-electron chi connectivity index (χ2n) is 4.31. The van der Waals surface area contributed by atoms with Crippen LogP contribution in [0.2, 0.25) is 0 Å². The molecule has 2 rings (SSSR count). The fraction of sp³-hybridized carbons (Fsp3) is 0.333. The molecule has 0 aromatic carbocycles. The highest BCUT2D eigenvalue weighted by Gasteiger charge is 2.11. The van der Waals surface area contributed by atoms with Crippen molar-refractivity contribution in [1.82, 2.24) is 9.97 Å². The molecule has 0 saturated carbocycles. The first kappa shape index (κ1) is 14.0. The molecule has 102 valence electrons. The summed E-state index contributed by atoms with van der Waals surface area (Å²) in [4.78, 5) is 8.34. The van der Waals surface area contributed by atoms with Crippen LogP contribution in [0.4, 0.5) is 5.69 Å². The van der Waals surface area contributed by atoms with Crippen LogP contribution in [-0.2, 0) is 9.84 Å². The summed E-state index contributed by atoms with van der Waals surface area (Å²) < 4.78 is 22.6. The van der Waals surface area contributed by atoms with Crippen molar-refractivity contribution in [2.24, 2.45) is 0 Å².